The molecule has 1 aromatic carbocycles. The molecule has 1 aromatic rings. The summed E-state index contributed by atoms with van der Waals surface area (Å²) in [4.78, 5) is 50.2. The maximum atomic E-state index is 12.8. The van der Waals surface area contributed by atoms with Gasteiger partial charge in [0.05, 0.1) is 17.9 Å². The summed E-state index contributed by atoms with van der Waals surface area (Å²) >= 11 is 0. The first kappa shape index (κ1) is 33.1. The standard InChI is InChI=1S/C29H45NO8/c1-11-18(2)14-23(31)36-19(3)16-29(30,26(34)35-10)17-20-12-13-21(37-24(32)27(4,5)6)22(15-20)38-25(33)28(7,8)9/h12-13,15,18-19H,11,14,16-17,30H2,1-10H3/t18?,19-,29?/m0/s1. The van der Waals surface area contributed by atoms with E-state index in [1.807, 2.05) is 13.8 Å². The van der Waals surface area contributed by atoms with Crippen molar-refractivity contribution in [3.8, 4) is 11.5 Å². The largest absolute Gasteiger partial charge is 0.468 e. The van der Waals surface area contributed by atoms with E-state index in [2.05, 4.69) is 0 Å². The fourth-order valence-corrected chi connectivity index (χ4v) is 3.38. The summed E-state index contributed by atoms with van der Waals surface area (Å²) in [6.07, 6.45) is 0.453. The van der Waals surface area contributed by atoms with Crippen molar-refractivity contribution in [3.63, 3.8) is 0 Å². The van der Waals surface area contributed by atoms with Gasteiger partial charge in [-0.05, 0) is 72.1 Å². The van der Waals surface area contributed by atoms with Gasteiger partial charge in [0.2, 0.25) is 0 Å². The molecule has 0 bridgehead atoms. The molecule has 2 N–H and O–H groups in total. The predicted molar refractivity (Wildman–Crippen MR) is 144 cm³/mol. The third-order valence-corrected chi connectivity index (χ3v) is 5.95. The molecule has 9 nitrogen and oxygen atoms in total. The molecular formula is C29H45NO8. The predicted octanol–water partition coefficient (Wildman–Crippen LogP) is 4.76. The van der Waals surface area contributed by atoms with Crippen LogP contribution in [0.25, 0.3) is 0 Å². The Labute approximate surface area is 226 Å². The van der Waals surface area contributed by atoms with Crippen molar-refractivity contribution in [3.05, 3.63) is 23.8 Å². The van der Waals surface area contributed by atoms with Gasteiger partial charge in [-0.15, -0.1) is 0 Å². The Balaban J connectivity index is 3.30. The maximum absolute atomic E-state index is 12.8. The molecule has 0 aromatic heterocycles. The second kappa shape index (κ2) is 13.2. The number of carbonyl (C=O) groups excluding carboxylic acids is 4. The summed E-state index contributed by atoms with van der Waals surface area (Å²) in [5.74, 6) is -1.80. The Morgan fingerprint density at radius 3 is 1.87 bits per heavy atom. The van der Waals surface area contributed by atoms with Gasteiger partial charge in [-0.2, -0.15) is 0 Å². The van der Waals surface area contributed by atoms with E-state index in [1.54, 1.807) is 54.5 Å². The van der Waals surface area contributed by atoms with E-state index in [1.165, 1.54) is 19.2 Å². The lowest BCUT2D eigenvalue weighted by molar-refractivity contribution is -0.155. The molecule has 0 saturated carbocycles. The van der Waals surface area contributed by atoms with Crippen molar-refractivity contribution in [1.82, 2.24) is 0 Å². The van der Waals surface area contributed by atoms with Crippen LogP contribution < -0.4 is 15.2 Å². The summed E-state index contributed by atoms with van der Waals surface area (Å²) < 4.78 is 21.6. The van der Waals surface area contributed by atoms with E-state index < -0.39 is 40.4 Å². The third-order valence-electron chi connectivity index (χ3n) is 5.95. The van der Waals surface area contributed by atoms with Crippen LogP contribution in [0.5, 0.6) is 11.5 Å². The van der Waals surface area contributed by atoms with E-state index in [0.29, 0.717) is 5.56 Å². The van der Waals surface area contributed by atoms with Gasteiger partial charge < -0.3 is 24.7 Å². The molecule has 0 heterocycles. The lowest BCUT2D eigenvalue weighted by Gasteiger charge is -2.30. The second-order valence-corrected chi connectivity index (χ2v) is 12.1. The topological polar surface area (TPSA) is 131 Å². The van der Waals surface area contributed by atoms with Gasteiger partial charge in [-0.1, -0.05) is 26.3 Å². The zero-order valence-electron chi connectivity index (χ0n) is 24.6. The molecule has 0 aliphatic rings. The fourth-order valence-electron chi connectivity index (χ4n) is 3.38. The summed E-state index contributed by atoms with van der Waals surface area (Å²) in [5, 5.41) is 0. The molecule has 3 atom stereocenters. The number of ether oxygens (including phenoxy) is 4. The SMILES string of the molecule is CCC(C)CC(=O)O[C@@H](C)CC(N)(Cc1ccc(OC(=O)C(C)(C)C)c(OC(=O)C(C)(C)C)c1)C(=O)OC. The molecule has 0 saturated heterocycles. The number of hydrogen-bond acceptors (Lipinski definition) is 9. The minimum atomic E-state index is -1.54. The summed E-state index contributed by atoms with van der Waals surface area (Å²) in [6, 6.07) is 4.64. The summed E-state index contributed by atoms with van der Waals surface area (Å²) in [6.45, 7) is 15.8. The van der Waals surface area contributed by atoms with Crippen molar-refractivity contribution in [2.45, 2.75) is 99.6 Å². The Bertz CT molecular complexity index is 1000. The zero-order valence-corrected chi connectivity index (χ0v) is 24.6. The quantitative estimate of drug-likeness (QED) is 0.315. The molecule has 0 spiro atoms. The van der Waals surface area contributed by atoms with Gasteiger partial charge in [-0.3, -0.25) is 19.2 Å². The zero-order chi connectivity index (χ0) is 29.5. The van der Waals surface area contributed by atoms with E-state index in [4.69, 9.17) is 24.7 Å². The number of rotatable bonds is 11. The van der Waals surface area contributed by atoms with E-state index >= 15 is 0 Å². The lowest BCUT2D eigenvalue weighted by atomic mass is 9.86. The molecule has 1 rings (SSSR count). The molecule has 2 unspecified atom stereocenters. The van der Waals surface area contributed by atoms with Crippen LogP contribution in [-0.2, 0) is 35.1 Å². The molecule has 0 aliphatic heterocycles. The number of benzene rings is 1. The van der Waals surface area contributed by atoms with Crippen LogP contribution in [-0.4, -0.2) is 42.6 Å². The second-order valence-electron chi connectivity index (χ2n) is 12.1. The van der Waals surface area contributed by atoms with Crippen molar-refractivity contribution in [2.75, 3.05) is 7.11 Å². The first-order valence-electron chi connectivity index (χ1n) is 13.0. The Hall–Kier alpha value is -2.94. The number of methoxy groups -OCH3 is 1. The fraction of sp³-hybridized carbons (Fsp3) is 0.655. The van der Waals surface area contributed by atoms with Gasteiger partial charge in [0.15, 0.2) is 11.5 Å². The van der Waals surface area contributed by atoms with Crippen molar-refractivity contribution >= 4 is 23.9 Å². The summed E-state index contributed by atoms with van der Waals surface area (Å²) in [7, 11) is 1.23. The monoisotopic (exact) mass is 535 g/mol. The highest BCUT2D eigenvalue weighted by Gasteiger charge is 2.38. The average Bonchev–Trinajstić information content (AvgIpc) is 2.78. The molecule has 0 amide bonds. The van der Waals surface area contributed by atoms with E-state index in [0.717, 1.165) is 6.42 Å². The van der Waals surface area contributed by atoms with Crippen LogP contribution in [0.2, 0.25) is 0 Å². The van der Waals surface area contributed by atoms with Crippen molar-refractivity contribution in [1.29, 1.82) is 0 Å². The van der Waals surface area contributed by atoms with Gasteiger partial charge >= 0.3 is 23.9 Å². The van der Waals surface area contributed by atoms with Crippen molar-refractivity contribution in [2.24, 2.45) is 22.5 Å². The highest BCUT2D eigenvalue weighted by molar-refractivity contribution is 5.82. The normalized spacial score (nSPS) is 15.0. The smallest absolute Gasteiger partial charge is 0.326 e. The Morgan fingerprint density at radius 2 is 1.39 bits per heavy atom. The first-order chi connectivity index (χ1) is 17.3. The first-order valence-corrected chi connectivity index (χ1v) is 13.0. The number of carbonyl (C=O) groups is 4. The maximum Gasteiger partial charge on any atom is 0.326 e. The van der Waals surface area contributed by atoms with E-state index in [9.17, 15) is 19.2 Å². The van der Waals surface area contributed by atoms with Gasteiger partial charge in [0, 0.05) is 19.3 Å². The average molecular weight is 536 g/mol. The minimum absolute atomic E-state index is 0.00376. The van der Waals surface area contributed by atoms with Crippen LogP contribution in [0.15, 0.2) is 18.2 Å². The highest BCUT2D eigenvalue weighted by Crippen LogP contribution is 2.34. The minimum Gasteiger partial charge on any atom is -0.468 e. The molecular weight excluding hydrogens is 490 g/mol. The number of hydrogen-bond donors (Lipinski definition) is 1. The van der Waals surface area contributed by atoms with Gasteiger partial charge in [0.25, 0.3) is 0 Å². The molecule has 0 fully saturated rings. The highest BCUT2D eigenvalue weighted by atomic mass is 16.6. The number of nitrogens with two attached hydrogens (primary N) is 1. The van der Waals surface area contributed by atoms with Crippen LogP contribution in [0, 0.1) is 16.7 Å². The molecule has 214 valence electrons. The van der Waals surface area contributed by atoms with Crippen LogP contribution in [0.1, 0.15) is 87.1 Å². The third kappa shape index (κ3) is 10.1. The van der Waals surface area contributed by atoms with Crippen LogP contribution in [0.4, 0.5) is 0 Å². The molecule has 9 heteroatoms. The lowest BCUT2D eigenvalue weighted by Crippen LogP contribution is -2.53. The molecule has 0 aliphatic carbocycles. The Morgan fingerprint density at radius 1 is 0.868 bits per heavy atom. The molecule has 0 radical (unpaired) electrons. The molecule has 38 heavy (non-hydrogen) atoms. The van der Waals surface area contributed by atoms with Crippen LogP contribution in [0.3, 0.4) is 0 Å². The van der Waals surface area contributed by atoms with E-state index in [-0.39, 0.29) is 42.6 Å². The Kier molecular flexibility index (Phi) is 11.5. The van der Waals surface area contributed by atoms with Crippen molar-refractivity contribution < 1.29 is 38.1 Å². The van der Waals surface area contributed by atoms with Gasteiger partial charge in [0.1, 0.15) is 11.6 Å². The van der Waals surface area contributed by atoms with Gasteiger partial charge in [-0.25, -0.2) is 0 Å². The number of esters is 4. The summed E-state index contributed by atoms with van der Waals surface area (Å²) in [5.41, 5.74) is 3.91. The van der Waals surface area contributed by atoms with Crippen LogP contribution >= 0.6 is 0 Å².